The SMILES string of the molecule is CN(C)CCN(Cc1cccc(C(F)(F)F)c1)C(=O)CCc1nc(-c2cccs2)no1. The Morgan fingerprint density at radius 3 is 2.65 bits per heavy atom. The molecule has 0 aliphatic heterocycles. The predicted octanol–water partition coefficient (Wildman–Crippen LogP) is 4.34. The van der Waals surface area contributed by atoms with Gasteiger partial charge >= 0.3 is 6.18 Å². The van der Waals surface area contributed by atoms with Gasteiger partial charge in [-0.3, -0.25) is 4.79 Å². The Morgan fingerprint density at radius 1 is 1.16 bits per heavy atom. The summed E-state index contributed by atoms with van der Waals surface area (Å²) < 4.78 is 44.3. The predicted molar refractivity (Wildman–Crippen MR) is 111 cm³/mol. The van der Waals surface area contributed by atoms with Crippen LogP contribution in [0.1, 0.15) is 23.4 Å². The molecule has 0 bridgehead atoms. The van der Waals surface area contributed by atoms with Crippen LogP contribution in [0.5, 0.6) is 0 Å². The van der Waals surface area contributed by atoms with Crippen molar-refractivity contribution in [3.8, 4) is 10.7 Å². The Hall–Kier alpha value is -2.72. The van der Waals surface area contributed by atoms with Gasteiger partial charge in [-0.05, 0) is 43.2 Å². The Kier molecular flexibility index (Phi) is 7.45. The summed E-state index contributed by atoms with van der Waals surface area (Å²) in [6, 6.07) is 8.82. The number of carbonyl (C=O) groups excluding carboxylic acids is 1. The van der Waals surface area contributed by atoms with Gasteiger partial charge in [-0.15, -0.1) is 11.3 Å². The van der Waals surface area contributed by atoms with Crippen LogP contribution in [0, 0.1) is 0 Å². The van der Waals surface area contributed by atoms with Crippen molar-refractivity contribution >= 4 is 17.2 Å². The second-order valence-electron chi connectivity index (χ2n) is 7.31. The lowest BCUT2D eigenvalue weighted by Crippen LogP contribution is -2.36. The summed E-state index contributed by atoms with van der Waals surface area (Å²) in [5.74, 6) is 0.643. The second kappa shape index (κ2) is 10.1. The molecule has 0 aliphatic carbocycles. The van der Waals surface area contributed by atoms with E-state index in [1.165, 1.54) is 17.4 Å². The summed E-state index contributed by atoms with van der Waals surface area (Å²) in [4.78, 5) is 21.5. The zero-order valence-corrected chi connectivity index (χ0v) is 18.0. The van der Waals surface area contributed by atoms with E-state index in [1.807, 2.05) is 36.5 Å². The number of benzene rings is 1. The largest absolute Gasteiger partial charge is 0.416 e. The smallest absolute Gasteiger partial charge is 0.339 e. The zero-order chi connectivity index (χ0) is 22.4. The molecule has 0 unspecified atom stereocenters. The first-order chi connectivity index (χ1) is 14.7. The van der Waals surface area contributed by atoms with Crippen LogP contribution in [0.4, 0.5) is 13.2 Å². The minimum Gasteiger partial charge on any atom is -0.339 e. The van der Waals surface area contributed by atoms with E-state index in [-0.39, 0.29) is 25.3 Å². The van der Waals surface area contributed by atoms with E-state index >= 15 is 0 Å². The fraction of sp³-hybridized carbons (Fsp3) is 0.381. The van der Waals surface area contributed by atoms with Gasteiger partial charge in [0, 0.05) is 32.5 Å². The topological polar surface area (TPSA) is 62.5 Å². The lowest BCUT2D eigenvalue weighted by molar-refractivity contribution is -0.137. The van der Waals surface area contributed by atoms with Crippen molar-refractivity contribution in [3.63, 3.8) is 0 Å². The third-order valence-electron chi connectivity index (χ3n) is 4.56. The molecule has 0 aliphatic rings. The molecule has 2 heterocycles. The van der Waals surface area contributed by atoms with Gasteiger partial charge in [0.25, 0.3) is 0 Å². The van der Waals surface area contributed by atoms with Crippen LogP contribution < -0.4 is 0 Å². The van der Waals surface area contributed by atoms with E-state index in [0.717, 1.165) is 17.0 Å². The molecular weight excluding hydrogens is 429 g/mol. The van der Waals surface area contributed by atoms with Crippen molar-refractivity contribution in [2.24, 2.45) is 0 Å². The average molecular weight is 453 g/mol. The van der Waals surface area contributed by atoms with Crippen LogP contribution in [0.2, 0.25) is 0 Å². The number of halogens is 3. The quantitative estimate of drug-likeness (QED) is 0.483. The number of hydrogen-bond acceptors (Lipinski definition) is 6. The highest BCUT2D eigenvalue weighted by molar-refractivity contribution is 7.13. The normalized spacial score (nSPS) is 11.8. The molecule has 0 radical (unpaired) electrons. The van der Waals surface area contributed by atoms with Crippen molar-refractivity contribution < 1.29 is 22.5 Å². The maximum Gasteiger partial charge on any atom is 0.416 e. The molecule has 0 atom stereocenters. The van der Waals surface area contributed by atoms with Gasteiger partial charge < -0.3 is 14.3 Å². The number of likely N-dealkylation sites (N-methyl/N-ethyl adjacent to an activating group) is 1. The second-order valence-corrected chi connectivity index (χ2v) is 8.25. The highest BCUT2D eigenvalue weighted by atomic mass is 32.1. The Bertz CT molecular complexity index is 987. The number of alkyl halides is 3. The van der Waals surface area contributed by atoms with Crippen LogP contribution in [-0.2, 0) is 23.9 Å². The Labute approximate surface area is 182 Å². The molecule has 1 aromatic carbocycles. The fourth-order valence-electron chi connectivity index (χ4n) is 2.91. The first-order valence-corrected chi connectivity index (χ1v) is 10.6. The maximum atomic E-state index is 13.0. The van der Waals surface area contributed by atoms with E-state index in [0.29, 0.717) is 30.4 Å². The van der Waals surface area contributed by atoms with Crippen molar-refractivity contribution in [1.82, 2.24) is 19.9 Å². The van der Waals surface area contributed by atoms with Crippen molar-refractivity contribution in [2.75, 3.05) is 27.2 Å². The van der Waals surface area contributed by atoms with Crippen LogP contribution >= 0.6 is 11.3 Å². The number of aromatic nitrogens is 2. The van der Waals surface area contributed by atoms with Gasteiger partial charge in [-0.2, -0.15) is 18.2 Å². The van der Waals surface area contributed by atoms with E-state index in [9.17, 15) is 18.0 Å². The number of nitrogens with zero attached hydrogens (tertiary/aromatic N) is 4. The van der Waals surface area contributed by atoms with Gasteiger partial charge in [0.1, 0.15) is 0 Å². The molecule has 10 heteroatoms. The summed E-state index contributed by atoms with van der Waals surface area (Å²) in [7, 11) is 3.74. The minimum atomic E-state index is -4.42. The molecule has 3 aromatic rings. The summed E-state index contributed by atoms with van der Waals surface area (Å²) in [5, 5.41) is 5.84. The molecule has 0 saturated heterocycles. The molecular formula is C21H23F3N4O2S. The number of hydrogen-bond donors (Lipinski definition) is 0. The van der Waals surface area contributed by atoms with Gasteiger partial charge in [0.05, 0.1) is 10.4 Å². The van der Waals surface area contributed by atoms with E-state index in [1.54, 1.807) is 11.0 Å². The molecule has 6 nitrogen and oxygen atoms in total. The highest BCUT2D eigenvalue weighted by Crippen LogP contribution is 2.30. The zero-order valence-electron chi connectivity index (χ0n) is 17.2. The summed E-state index contributed by atoms with van der Waals surface area (Å²) in [6.07, 6.45) is -4.04. The van der Waals surface area contributed by atoms with Gasteiger partial charge in [0.15, 0.2) is 0 Å². The fourth-order valence-corrected chi connectivity index (χ4v) is 3.56. The Morgan fingerprint density at radius 2 is 1.97 bits per heavy atom. The summed E-state index contributed by atoms with van der Waals surface area (Å²) in [5.41, 5.74) is -0.295. The minimum absolute atomic E-state index is 0.0981. The van der Waals surface area contributed by atoms with Crippen LogP contribution in [0.3, 0.4) is 0 Å². The van der Waals surface area contributed by atoms with Crippen molar-refractivity contribution in [1.29, 1.82) is 0 Å². The van der Waals surface area contributed by atoms with Gasteiger partial charge in [0.2, 0.25) is 17.6 Å². The van der Waals surface area contributed by atoms with Gasteiger partial charge in [-0.1, -0.05) is 23.4 Å². The molecule has 0 N–H and O–H groups in total. The van der Waals surface area contributed by atoms with Crippen LogP contribution in [-0.4, -0.2) is 53.0 Å². The number of thiophene rings is 1. The lowest BCUT2D eigenvalue weighted by atomic mass is 10.1. The van der Waals surface area contributed by atoms with E-state index < -0.39 is 11.7 Å². The maximum absolute atomic E-state index is 13.0. The molecule has 0 spiro atoms. The molecule has 31 heavy (non-hydrogen) atoms. The third-order valence-corrected chi connectivity index (χ3v) is 5.43. The Balaban J connectivity index is 1.66. The lowest BCUT2D eigenvalue weighted by Gasteiger charge is -2.25. The van der Waals surface area contributed by atoms with Crippen molar-refractivity contribution in [3.05, 3.63) is 58.8 Å². The molecule has 166 valence electrons. The van der Waals surface area contributed by atoms with Crippen LogP contribution in [0.25, 0.3) is 10.7 Å². The third kappa shape index (κ3) is 6.63. The van der Waals surface area contributed by atoms with E-state index in [2.05, 4.69) is 10.1 Å². The number of amides is 1. The van der Waals surface area contributed by atoms with Crippen molar-refractivity contribution in [2.45, 2.75) is 25.6 Å². The summed E-state index contributed by atoms with van der Waals surface area (Å²) >= 11 is 1.49. The first-order valence-electron chi connectivity index (χ1n) is 9.67. The van der Waals surface area contributed by atoms with Gasteiger partial charge in [-0.25, -0.2) is 0 Å². The standard InChI is InChI=1S/C21H23F3N4O2S/c1-27(2)10-11-28(14-15-5-3-6-16(13-15)21(22,23)24)19(29)9-8-18-25-20(26-30-18)17-7-4-12-31-17/h3-7,12-13H,8-11,14H2,1-2H3. The average Bonchev–Trinajstić information content (AvgIpc) is 3.40. The number of carbonyl (C=O) groups is 1. The molecule has 0 saturated carbocycles. The monoisotopic (exact) mass is 452 g/mol. The molecule has 1 amide bonds. The van der Waals surface area contributed by atoms with Crippen LogP contribution in [0.15, 0.2) is 46.3 Å². The number of rotatable bonds is 9. The molecule has 0 fully saturated rings. The molecule has 3 rings (SSSR count). The molecule has 2 aromatic heterocycles. The first kappa shape index (κ1) is 23.0. The highest BCUT2D eigenvalue weighted by Gasteiger charge is 2.30. The number of aryl methyl sites for hydroxylation is 1. The van der Waals surface area contributed by atoms with E-state index in [4.69, 9.17) is 4.52 Å². The summed E-state index contributed by atoms with van der Waals surface area (Å²) in [6.45, 7) is 1.08.